The highest BCUT2D eigenvalue weighted by Gasteiger charge is 2.10. The first-order chi connectivity index (χ1) is 11.3. The fraction of sp³-hybridized carbons (Fsp3) is 0.125. The molecule has 6 nitrogen and oxygen atoms in total. The van der Waals surface area contributed by atoms with Crippen LogP contribution in [-0.2, 0) is 11.3 Å². The summed E-state index contributed by atoms with van der Waals surface area (Å²) in [5.74, 6) is 1.11. The molecule has 3 rings (SSSR count). The van der Waals surface area contributed by atoms with Gasteiger partial charge < -0.3 is 9.84 Å². The lowest BCUT2D eigenvalue weighted by Crippen LogP contribution is -2.24. The molecule has 0 aliphatic rings. The standard InChI is InChI=1S/C16H14N4O2S/c21-14(11-23-13-4-2-1-3-5-13)18-10-15-19-16(20-22-15)12-6-8-17-9-7-12/h1-9H,10-11H2,(H,18,21). The number of hydrogen-bond donors (Lipinski definition) is 1. The molecule has 0 spiro atoms. The van der Waals surface area contributed by atoms with Crippen LogP contribution in [0.4, 0.5) is 0 Å². The second-order valence-electron chi connectivity index (χ2n) is 4.63. The van der Waals surface area contributed by atoms with Gasteiger partial charge in [-0.1, -0.05) is 23.4 Å². The van der Waals surface area contributed by atoms with E-state index in [9.17, 15) is 4.79 Å². The summed E-state index contributed by atoms with van der Waals surface area (Å²) in [6.45, 7) is 0.215. The predicted molar refractivity (Wildman–Crippen MR) is 86.5 cm³/mol. The number of rotatable bonds is 6. The van der Waals surface area contributed by atoms with Gasteiger partial charge in [-0.3, -0.25) is 9.78 Å². The number of carbonyl (C=O) groups is 1. The maximum Gasteiger partial charge on any atom is 0.246 e. The Hall–Kier alpha value is -2.67. The highest BCUT2D eigenvalue weighted by Crippen LogP contribution is 2.16. The van der Waals surface area contributed by atoms with Crippen LogP contribution in [0.15, 0.2) is 64.3 Å². The topological polar surface area (TPSA) is 80.9 Å². The molecule has 7 heteroatoms. The molecule has 2 heterocycles. The van der Waals surface area contributed by atoms with Gasteiger partial charge in [0.2, 0.25) is 17.6 Å². The summed E-state index contributed by atoms with van der Waals surface area (Å²) in [6.07, 6.45) is 3.32. The number of hydrogen-bond acceptors (Lipinski definition) is 6. The number of pyridine rings is 1. The molecule has 0 aliphatic carbocycles. The van der Waals surface area contributed by atoms with Crippen LogP contribution in [0.5, 0.6) is 0 Å². The van der Waals surface area contributed by atoms with Crippen molar-refractivity contribution in [1.29, 1.82) is 0 Å². The molecule has 2 aromatic heterocycles. The van der Waals surface area contributed by atoms with E-state index in [0.29, 0.717) is 17.5 Å². The molecule has 0 saturated heterocycles. The van der Waals surface area contributed by atoms with Crippen molar-refractivity contribution in [1.82, 2.24) is 20.4 Å². The SMILES string of the molecule is O=C(CSc1ccccc1)NCc1nc(-c2ccncc2)no1. The highest BCUT2D eigenvalue weighted by atomic mass is 32.2. The van der Waals surface area contributed by atoms with E-state index in [0.717, 1.165) is 10.5 Å². The lowest BCUT2D eigenvalue weighted by Gasteiger charge is -2.02. The van der Waals surface area contributed by atoms with E-state index in [1.54, 1.807) is 24.5 Å². The fourth-order valence-electron chi connectivity index (χ4n) is 1.84. The predicted octanol–water partition coefficient (Wildman–Crippen LogP) is 2.54. The van der Waals surface area contributed by atoms with Crippen LogP contribution in [-0.4, -0.2) is 26.8 Å². The molecule has 1 N–H and O–H groups in total. The lowest BCUT2D eigenvalue weighted by molar-refractivity contribution is -0.118. The van der Waals surface area contributed by atoms with Crippen molar-refractivity contribution >= 4 is 17.7 Å². The van der Waals surface area contributed by atoms with E-state index in [2.05, 4.69) is 20.4 Å². The summed E-state index contributed by atoms with van der Waals surface area (Å²) in [5, 5.41) is 6.65. The van der Waals surface area contributed by atoms with E-state index in [-0.39, 0.29) is 12.5 Å². The van der Waals surface area contributed by atoms with Gasteiger partial charge in [0.1, 0.15) is 0 Å². The number of nitrogens with one attached hydrogen (secondary N) is 1. The van der Waals surface area contributed by atoms with Crippen molar-refractivity contribution in [2.45, 2.75) is 11.4 Å². The number of benzene rings is 1. The molecular weight excluding hydrogens is 312 g/mol. The third-order valence-corrected chi connectivity index (χ3v) is 3.97. The summed E-state index contributed by atoms with van der Waals surface area (Å²) >= 11 is 1.48. The molecule has 1 amide bonds. The maximum atomic E-state index is 11.8. The Morgan fingerprint density at radius 1 is 1.13 bits per heavy atom. The molecule has 0 saturated carbocycles. The van der Waals surface area contributed by atoms with Crippen molar-refractivity contribution in [2.75, 3.05) is 5.75 Å². The van der Waals surface area contributed by atoms with Crippen LogP contribution >= 0.6 is 11.8 Å². The highest BCUT2D eigenvalue weighted by molar-refractivity contribution is 8.00. The molecule has 0 aliphatic heterocycles. The van der Waals surface area contributed by atoms with Crippen LogP contribution in [0, 0.1) is 0 Å². The number of nitrogens with zero attached hydrogens (tertiary/aromatic N) is 3. The average Bonchev–Trinajstić information content (AvgIpc) is 3.09. The zero-order valence-corrected chi connectivity index (χ0v) is 13.0. The van der Waals surface area contributed by atoms with Crippen molar-refractivity contribution < 1.29 is 9.32 Å². The largest absolute Gasteiger partial charge is 0.346 e. The average molecular weight is 326 g/mol. The van der Waals surface area contributed by atoms with Crippen LogP contribution in [0.3, 0.4) is 0 Å². The number of thioether (sulfide) groups is 1. The Labute approximate surface area is 137 Å². The van der Waals surface area contributed by atoms with E-state index in [4.69, 9.17) is 4.52 Å². The smallest absolute Gasteiger partial charge is 0.246 e. The third-order valence-electron chi connectivity index (χ3n) is 2.96. The van der Waals surface area contributed by atoms with Gasteiger partial charge in [-0.05, 0) is 24.3 Å². The van der Waals surface area contributed by atoms with E-state index in [1.165, 1.54) is 11.8 Å². The number of aromatic nitrogens is 3. The summed E-state index contributed by atoms with van der Waals surface area (Å²) in [7, 11) is 0. The van der Waals surface area contributed by atoms with E-state index < -0.39 is 0 Å². The molecule has 23 heavy (non-hydrogen) atoms. The maximum absolute atomic E-state index is 11.8. The van der Waals surface area contributed by atoms with Gasteiger partial charge >= 0.3 is 0 Å². The van der Waals surface area contributed by atoms with Gasteiger partial charge in [-0.25, -0.2) is 0 Å². The Balaban J connectivity index is 1.49. The molecule has 116 valence electrons. The summed E-state index contributed by atoms with van der Waals surface area (Å²) < 4.78 is 5.13. The number of carbonyl (C=O) groups excluding carboxylic acids is 1. The number of amides is 1. The molecule has 0 bridgehead atoms. The van der Waals surface area contributed by atoms with Gasteiger partial charge in [0.05, 0.1) is 12.3 Å². The minimum Gasteiger partial charge on any atom is -0.346 e. The van der Waals surface area contributed by atoms with Gasteiger partial charge in [-0.15, -0.1) is 11.8 Å². The first-order valence-electron chi connectivity index (χ1n) is 6.99. The van der Waals surface area contributed by atoms with Gasteiger partial charge in [-0.2, -0.15) is 4.98 Å². The molecule has 1 aromatic carbocycles. The van der Waals surface area contributed by atoms with Gasteiger partial charge in [0.25, 0.3) is 0 Å². The molecule has 0 fully saturated rings. The fourth-order valence-corrected chi connectivity index (χ4v) is 2.59. The Bertz CT molecular complexity index is 762. The first-order valence-corrected chi connectivity index (χ1v) is 7.97. The van der Waals surface area contributed by atoms with Crippen molar-refractivity contribution in [2.24, 2.45) is 0 Å². The summed E-state index contributed by atoms with van der Waals surface area (Å²) in [4.78, 5) is 21.1. The van der Waals surface area contributed by atoms with Crippen LogP contribution in [0.1, 0.15) is 5.89 Å². The molecule has 0 atom stereocenters. The Kier molecular flexibility index (Phi) is 5.00. The van der Waals surface area contributed by atoms with Crippen molar-refractivity contribution in [3.63, 3.8) is 0 Å². The Morgan fingerprint density at radius 3 is 2.70 bits per heavy atom. The van der Waals surface area contributed by atoms with E-state index in [1.807, 2.05) is 30.3 Å². The zero-order chi connectivity index (χ0) is 15.9. The zero-order valence-electron chi connectivity index (χ0n) is 12.2. The van der Waals surface area contributed by atoms with Crippen molar-refractivity contribution in [3.8, 4) is 11.4 Å². The minimum atomic E-state index is -0.0810. The van der Waals surface area contributed by atoms with E-state index >= 15 is 0 Å². The molecular formula is C16H14N4O2S. The van der Waals surface area contributed by atoms with Gasteiger partial charge in [0, 0.05) is 22.9 Å². The summed E-state index contributed by atoms with van der Waals surface area (Å²) in [6, 6.07) is 13.4. The van der Waals surface area contributed by atoms with Crippen molar-refractivity contribution in [3.05, 3.63) is 60.7 Å². The summed E-state index contributed by atoms with van der Waals surface area (Å²) in [5.41, 5.74) is 0.820. The second-order valence-corrected chi connectivity index (χ2v) is 5.67. The van der Waals surface area contributed by atoms with Crippen LogP contribution in [0.25, 0.3) is 11.4 Å². The normalized spacial score (nSPS) is 10.4. The second kappa shape index (κ2) is 7.55. The van der Waals surface area contributed by atoms with Crippen LogP contribution < -0.4 is 5.32 Å². The quantitative estimate of drug-likeness (QED) is 0.701. The third kappa shape index (κ3) is 4.40. The van der Waals surface area contributed by atoms with Crippen LogP contribution in [0.2, 0.25) is 0 Å². The first kappa shape index (κ1) is 15.2. The minimum absolute atomic E-state index is 0.0810. The monoisotopic (exact) mass is 326 g/mol. The Morgan fingerprint density at radius 2 is 1.91 bits per heavy atom. The lowest BCUT2D eigenvalue weighted by atomic mass is 10.2. The molecule has 0 unspecified atom stereocenters. The van der Waals surface area contributed by atoms with Gasteiger partial charge in [0.15, 0.2) is 0 Å². The molecule has 3 aromatic rings. The molecule has 0 radical (unpaired) electrons.